The van der Waals surface area contributed by atoms with Crippen molar-refractivity contribution in [3.8, 4) is 0 Å². The number of carbonyl (C=O) groups excluding carboxylic acids is 1. The van der Waals surface area contributed by atoms with E-state index in [1.807, 2.05) is 30.3 Å². The zero-order valence-electron chi connectivity index (χ0n) is 14.9. The molecule has 2 rings (SSSR count). The fourth-order valence-electron chi connectivity index (χ4n) is 3.53. The van der Waals surface area contributed by atoms with Gasteiger partial charge < -0.3 is 20.6 Å². The van der Waals surface area contributed by atoms with Crippen LogP contribution >= 0.6 is 0 Å². The Kier molecular flexibility index (Phi) is 7.53. The van der Waals surface area contributed by atoms with Crippen molar-refractivity contribution in [3.05, 3.63) is 35.9 Å². The predicted molar refractivity (Wildman–Crippen MR) is 96.9 cm³/mol. The molecule has 0 aromatic heterocycles. The minimum atomic E-state index is -0.152. The van der Waals surface area contributed by atoms with Crippen LogP contribution in [0.1, 0.15) is 43.7 Å². The van der Waals surface area contributed by atoms with Gasteiger partial charge in [-0.2, -0.15) is 0 Å². The Balaban J connectivity index is 1.79. The summed E-state index contributed by atoms with van der Waals surface area (Å²) in [4.78, 5) is 14.6. The molecule has 5 heteroatoms. The average Bonchev–Trinajstić information content (AvgIpc) is 2.56. The summed E-state index contributed by atoms with van der Waals surface area (Å²) in [6, 6.07) is 9.78. The highest BCUT2D eigenvalue weighted by Gasteiger charge is 2.23. The molecule has 0 radical (unpaired) electrons. The highest BCUT2D eigenvalue weighted by atomic mass is 16.3. The van der Waals surface area contributed by atoms with Crippen LogP contribution in [0.15, 0.2) is 30.3 Å². The molecule has 3 N–H and O–H groups in total. The molecule has 5 nitrogen and oxygen atoms in total. The monoisotopic (exact) mass is 333 g/mol. The van der Waals surface area contributed by atoms with Crippen LogP contribution in [0.25, 0.3) is 0 Å². The Bertz CT molecular complexity index is 485. The number of hydrogen-bond acceptors (Lipinski definition) is 3. The molecule has 1 aromatic carbocycles. The third-order valence-electron chi connectivity index (χ3n) is 4.73. The number of nitrogens with one attached hydrogen (secondary N) is 2. The third-order valence-corrected chi connectivity index (χ3v) is 4.73. The smallest absolute Gasteiger partial charge is 0.315 e. The number of rotatable bonds is 7. The van der Waals surface area contributed by atoms with Crippen molar-refractivity contribution < 1.29 is 9.90 Å². The van der Waals surface area contributed by atoms with Crippen molar-refractivity contribution in [2.24, 2.45) is 5.92 Å². The maximum Gasteiger partial charge on any atom is 0.315 e. The molecule has 0 spiro atoms. The number of benzene rings is 1. The molecule has 1 aliphatic rings. The number of aliphatic hydroxyl groups is 1. The summed E-state index contributed by atoms with van der Waals surface area (Å²) < 4.78 is 0. The Morgan fingerprint density at radius 1 is 1.21 bits per heavy atom. The summed E-state index contributed by atoms with van der Waals surface area (Å²) in [7, 11) is 4.23. The number of hydrogen-bond donors (Lipinski definition) is 3. The molecule has 134 valence electrons. The molecule has 0 unspecified atom stereocenters. The van der Waals surface area contributed by atoms with Crippen molar-refractivity contribution in [1.29, 1.82) is 0 Å². The lowest BCUT2D eigenvalue weighted by atomic mass is 9.86. The van der Waals surface area contributed by atoms with Gasteiger partial charge in [0.1, 0.15) is 0 Å². The van der Waals surface area contributed by atoms with E-state index in [4.69, 9.17) is 0 Å². The molecule has 24 heavy (non-hydrogen) atoms. The number of nitrogens with zero attached hydrogens (tertiary/aromatic N) is 1. The van der Waals surface area contributed by atoms with Crippen LogP contribution in [0.4, 0.5) is 4.79 Å². The summed E-state index contributed by atoms with van der Waals surface area (Å²) in [5.74, 6) is 0.743. The largest absolute Gasteiger partial charge is 0.396 e. The lowest BCUT2D eigenvalue weighted by molar-refractivity contribution is 0.209. The zero-order chi connectivity index (χ0) is 17.4. The molecule has 0 saturated heterocycles. The van der Waals surface area contributed by atoms with E-state index < -0.39 is 0 Å². The van der Waals surface area contributed by atoms with E-state index in [2.05, 4.69) is 29.6 Å². The maximum atomic E-state index is 12.3. The SMILES string of the molecule is CN(C)CC1CCC(NC(=O)N[C@H](CCO)c2ccccc2)CC1. The molecule has 1 saturated carbocycles. The van der Waals surface area contributed by atoms with Gasteiger partial charge >= 0.3 is 6.03 Å². The summed E-state index contributed by atoms with van der Waals surface area (Å²) in [6.45, 7) is 1.18. The Morgan fingerprint density at radius 2 is 1.88 bits per heavy atom. The van der Waals surface area contributed by atoms with Gasteiger partial charge in [0.05, 0.1) is 6.04 Å². The van der Waals surface area contributed by atoms with Crippen LogP contribution in [-0.2, 0) is 0 Å². The average molecular weight is 333 g/mol. The van der Waals surface area contributed by atoms with Gasteiger partial charge in [0.2, 0.25) is 0 Å². The van der Waals surface area contributed by atoms with E-state index in [0.29, 0.717) is 6.42 Å². The molecular formula is C19H31N3O2. The Hall–Kier alpha value is -1.59. The molecule has 1 aliphatic carbocycles. The van der Waals surface area contributed by atoms with Crippen molar-refractivity contribution in [2.75, 3.05) is 27.2 Å². The first-order valence-electron chi connectivity index (χ1n) is 8.96. The molecule has 1 aromatic rings. The van der Waals surface area contributed by atoms with Crippen molar-refractivity contribution in [1.82, 2.24) is 15.5 Å². The van der Waals surface area contributed by atoms with Gasteiger partial charge in [0.25, 0.3) is 0 Å². The number of aliphatic hydroxyl groups excluding tert-OH is 1. The lowest BCUT2D eigenvalue weighted by Gasteiger charge is -2.31. The topological polar surface area (TPSA) is 64.6 Å². The first-order valence-corrected chi connectivity index (χ1v) is 8.96. The second kappa shape index (κ2) is 9.64. The molecule has 0 bridgehead atoms. The van der Waals surface area contributed by atoms with Crippen LogP contribution in [0, 0.1) is 5.92 Å². The predicted octanol–water partition coefficient (Wildman–Crippen LogP) is 2.53. The van der Waals surface area contributed by atoms with Gasteiger partial charge in [-0.25, -0.2) is 4.79 Å². The first kappa shape index (κ1) is 18.7. The summed E-state index contributed by atoms with van der Waals surface area (Å²) in [5, 5.41) is 15.4. The van der Waals surface area contributed by atoms with E-state index >= 15 is 0 Å². The van der Waals surface area contributed by atoms with E-state index in [0.717, 1.165) is 30.9 Å². The van der Waals surface area contributed by atoms with Crippen LogP contribution in [0.3, 0.4) is 0 Å². The standard InChI is InChI=1S/C19H31N3O2/c1-22(2)14-15-8-10-17(11-9-15)20-19(24)21-18(12-13-23)16-6-4-3-5-7-16/h3-7,15,17-18,23H,8-14H2,1-2H3,(H2,20,21,24)/t15?,17?,18-/m1/s1. The van der Waals surface area contributed by atoms with Crippen LogP contribution in [0.2, 0.25) is 0 Å². The first-order chi connectivity index (χ1) is 11.6. The van der Waals surface area contributed by atoms with Crippen LogP contribution in [-0.4, -0.2) is 49.3 Å². The molecular weight excluding hydrogens is 302 g/mol. The maximum absolute atomic E-state index is 12.3. The highest BCUT2D eigenvalue weighted by molar-refractivity contribution is 5.74. The second-order valence-electron chi connectivity index (χ2n) is 7.07. The van der Waals surface area contributed by atoms with Gasteiger partial charge in [-0.15, -0.1) is 0 Å². The van der Waals surface area contributed by atoms with E-state index in [1.165, 1.54) is 12.8 Å². The minimum Gasteiger partial charge on any atom is -0.396 e. The Morgan fingerprint density at radius 3 is 2.46 bits per heavy atom. The Labute approximate surface area is 145 Å². The van der Waals surface area contributed by atoms with Crippen molar-refractivity contribution >= 4 is 6.03 Å². The summed E-state index contributed by atoms with van der Waals surface area (Å²) >= 11 is 0. The van der Waals surface area contributed by atoms with Crippen molar-refractivity contribution in [3.63, 3.8) is 0 Å². The molecule has 2 amide bonds. The fourth-order valence-corrected chi connectivity index (χ4v) is 3.53. The van der Waals surface area contributed by atoms with Gasteiger partial charge in [0.15, 0.2) is 0 Å². The lowest BCUT2D eigenvalue weighted by Crippen LogP contribution is -2.45. The van der Waals surface area contributed by atoms with Gasteiger partial charge in [-0.05, 0) is 57.7 Å². The number of amides is 2. The summed E-state index contributed by atoms with van der Waals surface area (Å²) in [5.41, 5.74) is 1.02. The van der Waals surface area contributed by atoms with E-state index in [9.17, 15) is 9.90 Å². The van der Waals surface area contributed by atoms with Crippen LogP contribution in [0.5, 0.6) is 0 Å². The van der Waals surface area contributed by atoms with Gasteiger partial charge in [-0.1, -0.05) is 30.3 Å². The normalized spacial score (nSPS) is 22.2. The molecule has 0 aliphatic heterocycles. The molecule has 1 atom stereocenters. The number of carbonyl (C=O) groups is 1. The third kappa shape index (κ3) is 6.13. The van der Waals surface area contributed by atoms with E-state index in [1.54, 1.807) is 0 Å². The fraction of sp³-hybridized carbons (Fsp3) is 0.632. The highest BCUT2D eigenvalue weighted by Crippen LogP contribution is 2.24. The van der Waals surface area contributed by atoms with Crippen molar-refractivity contribution in [2.45, 2.75) is 44.2 Å². The quantitative estimate of drug-likeness (QED) is 0.718. The van der Waals surface area contributed by atoms with Crippen LogP contribution < -0.4 is 10.6 Å². The zero-order valence-corrected chi connectivity index (χ0v) is 14.9. The number of urea groups is 1. The minimum absolute atomic E-state index is 0.0511. The summed E-state index contributed by atoms with van der Waals surface area (Å²) in [6.07, 6.45) is 4.95. The molecule has 0 heterocycles. The van der Waals surface area contributed by atoms with E-state index in [-0.39, 0.29) is 24.7 Å². The molecule has 1 fully saturated rings. The second-order valence-corrected chi connectivity index (χ2v) is 7.07. The van der Waals surface area contributed by atoms with Gasteiger partial charge in [-0.3, -0.25) is 0 Å². The van der Waals surface area contributed by atoms with Gasteiger partial charge in [0, 0.05) is 19.2 Å².